The molecule has 2 aromatic carbocycles. The number of sulfone groups is 1. The van der Waals surface area contributed by atoms with Crippen LogP contribution in [0.3, 0.4) is 0 Å². The van der Waals surface area contributed by atoms with Crippen molar-refractivity contribution in [1.82, 2.24) is 5.32 Å². The number of ether oxygens (including phenoxy) is 1. The van der Waals surface area contributed by atoms with E-state index in [1.54, 1.807) is 42.5 Å². The van der Waals surface area contributed by atoms with Gasteiger partial charge in [0.1, 0.15) is 5.75 Å². The third kappa shape index (κ3) is 3.94. The zero-order chi connectivity index (χ0) is 18.9. The standard InChI is InChI=1S/C19H20BrNO4S/c1-12(2)25-17-11-13(20)7-8-15(17)19(22)21-16-9-10-26(23,24)18-6-4-3-5-14(16)18/h3-8,11-12,16H,9-10H2,1-2H3,(H,21,22). The van der Waals surface area contributed by atoms with Crippen LogP contribution in [0.25, 0.3) is 0 Å². The Labute approximate surface area is 161 Å². The molecule has 3 rings (SSSR count). The van der Waals surface area contributed by atoms with E-state index in [0.29, 0.717) is 28.2 Å². The zero-order valence-electron chi connectivity index (χ0n) is 14.5. The van der Waals surface area contributed by atoms with Crippen LogP contribution < -0.4 is 10.1 Å². The highest BCUT2D eigenvalue weighted by Gasteiger charge is 2.31. The number of carbonyl (C=O) groups is 1. The second-order valence-electron chi connectivity index (χ2n) is 6.48. The molecule has 0 saturated carbocycles. The molecule has 0 aliphatic carbocycles. The van der Waals surface area contributed by atoms with Gasteiger partial charge in [-0.25, -0.2) is 8.42 Å². The van der Waals surface area contributed by atoms with Gasteiger partial charge in [0.2, 0.25) is 0 Å². The average molecular weight is 438 g/mol. The summed E-state index contributed by atoms with van der Waals surface area (Å²) in [7, 11) is -3.29. The molecule has 1 unspecified atom stereocenters. The molecule has 138 valence electrons. The molecular formula is C19H20BrNO4S. The first-order valence-electron chi connectivity index (χ1n) is 8.36. The number of hydrogen-bond acceptors (Lipinski definition) is 4. The maximum Gasteiger partial charge on any atom is 0.255 e. The Hall–Kier alpha value is -1.86. The fraction of sp³-hybridized carbons (Fsp3) is 0.316. The van der Waals surface area contributed by atoms with Crippen molar-refractivity contribution in [1.29, 1.82) is 0 Å². The lowest BCUT2D eigenvalue weighted by Crippen LogP contribution is -2.34. The van der Waals surface area contributed by atoms with Crippen molar-refractivity contribution in [2.24, 2.45) is 0 Å². The normalized spacial score (nSPS) is 18.2. The van der Waals surface area contributed by atoms with Gasteiger partial charge in [-0.15, -0.1) is 0 Å². The van der Waals surface area contributed by atoms with Gasteiger partial charge in [-0.1, -0.05) is 34.1 Å². The van der Waals surface area contributed by atoms with Crippen molar-refractivity contribution in [2.75, 3.05) is 5.75 Å². The predicted octanol–water partition coefficient (Wildman–Crippen LogP) is 3.88. The van der Waals surface area contributed by atoms with Crippen LogP contribution in [-0.4, -0.2) is 26.2 Å². The lowest BCUT2D eigenvalue weighted by Gasteiger charge is -2.26. The van der Waals surface area contributed by atoms with E-state index in [2.05, 4.69) is 21.2 Å². The summed E-state index contributed by atoms with van der Waals surface area (Å²) in [5, 5.41) is 2.96. The molecule has 1 aliphatic rings. The van der Waals surface area contributed by atoms with E-state index < -0.39 is 9.84 Å². The highest BCUT2D eigenvalue weighted by molar-refractivity contribution is 9.10. The molecule has 5 nitrogen and oxygen atoms in total. The first-order valence-corrected chi connectivity index (χ1v) is 10.8. The molecule has 0 saturated heterocycles. The van der Waals surface area contributed by atoms with E-state index in [0.717, 1.165) is 4.47 Å². The van der Waals surface area contributed by atoms with Gasteiger partial charge in [0.05, 0.1) is 28.4 Å². The molecule has 0 aromatic heterocycles. The second kappa shape index (κ2) is 7.40. The molecule has 0 fully saturated rings. The van der Waals surface area contributed by atoms with Crippen LogP contribution in [-0.2, 0) is 9.84 Å². The van der Waals surface area contributed by atoms with Gasteiger partial charge in [-0.05, 0) is 50.1 Å². The average Bonchev–Trinajstić information content (AvgIpc) is 2.57. The summed E-state index contributed by atoms with van der Waals surface area (Å²) >= 11 is 3.39. The summed E-state index contributed by atoms with van der Waals surface area (Å²) in [6.45, 7) is 3.79. The van der Waals surface area contributed by atoms with Gasteiger partial charge in [-0.3, -0.25) is 4.79 Å². The number of benzene rings is 2. The molecule has 1 N–H and O–H groups in total. The monoisotopic (exact) mass is 437 g/mol. The molecule has 1 heterocycles. The van der Waals surface area contributed by atoms with Gasteiger partial charge in [0, 0.05) is 4.47 Å². The molecule has 1 atom stereocenters. The third-order valence-corrected chi connectivity index (χ3v) is 6.47. The Kier molecular flexibility index (Phi) is 5.39. The van der Waals surface area contributed by atoms with Crippen LogP contribution in [0.4, 0.5) is 0 Å². The number of halogens is 1. The molecule has 7 heteroatoms. The molecule has 26 heavy (non-hydrogen) atoms. The summed E-state index contributed by atoms with van der Waals surface area (Å²) < 4.78 is 31.1. The summed E-state index contributed by atoms with van der Waals surface area (Å²) in [5.41, 5.74) is 1.06. The Balaban J connectivity index is 1.90. The first-order chi connectivity index (χ1) is 12.3. The predicted molar refractivity (Wildman–Crippen MR) is 103 cm³/mol. The van der Waals surface area contributed by atoms with Crippen molar-refractivity contribution in [2.45, 2.75) is 37.3 Å². The Morgan fingerprint density at radius 1 is 1.23 bits per heavy atom. The molecular weight excluding hydrogens is 418 g/mol. The molecule has 0 spiro atoms. The zero-order valence-corrected chi connectivity index (χ0v) is 16.9. The van der Waals surface area contributed by atoms with Crippen molar-refractivity contribution in [3.05, 3.63) is 58.1 Å². The highest BCUT2D eigenvalue weighted by atomic mass is 79.9. The first kappa shape index (κ1) is 18.9. The Morgan fingerprint density at radius 2 is 1.96 bits per heavy atom. The summed E-state index contributed by atoms with van der Waals surface area (Å²) in [5.74, 6) is 0.223. The second-order valence-corrected chi connectivity index (χ2v) is 9.47. The van der Waals surface area contributed by atoms with Crippen LogP contribution in [0.15, 0.2) is 51.8 Å². The smallest absolute Gasteiger partial charge is 0.255 e. The Morgan fingerprint density at radius 3 is 2.69 bits per heavy atom. The third-order valence-electron chi connectivity index (χ3n) is 4.16. The van der Waals surface area contributed by atoms with E-state index >= 15 is 0 Å². The van der Waals surface area contributed by atoms with E-state index in [1.165, 1.54) is 0 Å². The molecule has 1 amide bonds. The summed E-state index contributed by atoms with van der Waals surface area (Å²) in [6, 6.07) is 11.7. The van der Waals surface area contributed by atoms with Gasteiger partial charge in [0.25, 0.3) is 5.91 Å². The minimum absolute atomic E-state index is 0.0185. The van der Waals surface area contributed by atoms with Crippen molar-refractivity contribution in [3.63, 3.8) is 0 Å². The van der Waals surface area contributed by atoms with E-state index in [1.807, 2.05) is 13.8 Å². The minimum Gasteiger partial charge on any atom is -0.490 e. The fourth-order valence-corrected chi connectivity index (χ4v) is 4.97. The topological polar surface area (TPSA) is 72.5 Å². The summed E-state index contributed by atoms with van der Waals surface area (Å²) in [6.07, 6.45) is 0.276. The van der Waals surface area contributed by atoms with E-state index in [-0.39, 0.29) is 23.8 Å². The molecule has 0 radical (unpaired) electrons. The minimum atomic E-state index is -3.29. The number of carbonyl (C=O) groups excluding carboxylic acids is 1. The maximum absolute atomic E-state index is 12.8. The van der Waals surface area contributed by atoms with Crippen molar-refractivity contribution >= 4 is 31.7 Å². The van der Waals surface area contributed by atoms with Crippen LogP contribution in [0, 0.1) is 0 Å². The number of rotatable bonds is 4. The van der Waals surface area contributed by atoms with Gasteiger partial charge >= 0.3 is 0 Å². The van der Waals surface area contributed by atoms with Crippen LogP contribution >= 0.6 is 15.9 Å². The van der Waals surface area contributed by atoms with Gasteiger partial charge in [0.15, 0.2) is 9.84 Å². The lowest BCUT2D eigenvalue weighted by atomic mass is 10.0. The van der Waals surface area contributed by atoms with E-state index in [4.69, 9.17) is 4.74 Å². The maximum atomic E-state index is 12.8. The molecule has 2 aromatic rings. The van der Waals surface area contributed by atoms with Gasteiger partial charge in [-0.2, -0.15) is 0 Å². The SMILES string of the molecule is CC(C)Oc1cc(Br)ccc1C(=O)NC1CCS(=O)(=O)c2ccccc21. The number of amides is 1. The van der Waals surface area contributed by atoms with Crippen LogP contribution in [0.1, 0.15) is 42.2 Å². The number of fused-ring (bicyclic) bond motifs is 1. The molecule has 0 bridgehead atoms. The summed E-state index contributed by atoms with van der Waals surface area (Å²) in [4.78, 5) is 13.1. The highest BCUT2D eigenvalue weighted by Crippen LogP contribution is 2.33. The Bertz CT molecular complexity index is 940. The van der Waals surface area contributed by atoms with Crippen molar-refractivity contribution in [3.8, 4) is 5.75 Å². The molecule has 1 aliphatic heterocycles. The number of hydrogen-bond donors (Lipinski definition) is 1. The largest absolute Gasteiger partial charge is 0.490 e. The van der Waals surface area contributed by atoms with Crippen LogP contribution in [0.2, 0.25) is 0 Å². The lowest BCUT2D eigenvalue weighted by molar-refractivity contribution is 0.0928. The fourth-order valence-electron chi connectivity index (χ4n) is 3.01. The quantitative estimate of drug-likeness (QED) is 0.787. The van der Waals surface area contributed by atoms with Crippen molar-refractivity contribution < 1.29 is 17.9 Å². The van der Waals surface area contributed by atoms with E-state index in [9.17, 15) is 13.2 Å². The van der Waals surface area contributed by atoms with Crippen LogP contribution in [0.5, 0.6) is 5.75 Å². The van der Waals surface area contributed by atoms with Gasteiger partial charge < -0.3 is 10.1 Å². The number of nitrogens with one attached hydrogen (secondary N) is 1.